The molecular weight excluding hydrogens is 408 g/mol. The number of urea groups is 1. The maximum atomic E-state index is 12.5. The van der Waals surface area contributed by atoms with E-state index in [1.807, 2.05) is 0 Å². The number of hydrogen-bond acceptors (Lipinski definition) is 6. The van der Waals surface area contributed by atoms with E-state index in [-0.39, 0.29) is 17.3 Å². The zero-order valence-corrected chi connectivity index (χ0v) is 16.6. The first kappa shape index (κ1) is 20.8. The van der Waals surface area contributed by atoms with Crippen molar-refractivity contribution >= 4 is 29.3 Å². The second kappa shape index (κ2) is 7.65. The average Bonchev–Trinajstić information content (AvgIpc) is 2.99. The van der Waals surface area contributed by atoms with E-state index in [1.165, 1.54) is 36.1 Å². The van der Waals surface area contributed by atoms with E-state index in [1.54, 1.807) is 0 Å². The summed E-state index contributed by atoms with van der Waals surface area (Å²) in [6.45, 7) is 1.52. The number of aliphatic hydroxyl groups excluding tert-OH is 1. The van der Waals surface area contributed by atoms with Crippen molar-refractivity contribution in [2.75, 3.05) is 5.32 Å². The molecule has 11 nitrogen and oxygen atoms in total. The van der Waals surface area contributed by atoms with E-state index in [0.29, 0.717) is 24.1 Å². The van der Waals surface area contributed by atoms with E-state index in [0.717, 1.165) is 6.42 Å². The number of nitrogens with zero attached hydrogens (tertiary/aromatic N) is 2. The van der Waals surface area contributed by atoms with Gasteiger partial charge < -0.3 is 25.7 Å². The standard InChI is InChI=1S/C20H22N4O7/c1-9(25)14-16-12-3-2-4-13(15(12)17(19(27)28)23(16)18(14)26)22-20(29)21-10-5-7-11(8-6-10)24(30)31/h5-9,12-14,16,25H,2-4H2,1H3,(H,27,28)(H2,21,22,29)/t9?,12-,13-,14+,16+/m0/s1. The smallest absolute Gasteiger partial charge is 0.352 e. The van der Waals surface area contributed by atoms with Crippen molar-refractivity contribution in [2.24, 2.45) is 11.8 Å². The summed E-state index contributed by atoms with van der Waals surface area (Å²) in [6.07, 6.45) is 1.03. The second-order valence-corrected chi connectivity index (χ2v) is 8.07. The summed E-state index contributed by atoms with van der Waals surface area (Å²) < 4.78 is 0. The van der Waals surface area contributed by atoms with Crippen LogP contribution in [0.4, 0.5) is 16.2 Å². The molecule has 1 aromatic carbocycles. The third kappa shape index (κ3) is 3.40. The zero-order chi connectivity index (χ0) is 22.4. The maximum absolute atomic E-state index is 12.5. The number of carbonyl (C=O) groups excluding carboxylic acids is 2. The molecule has 2 aliphatic heterocycles. The lowest BCUT2D eigenvalue weighted by Gasteiger charge is -2.47. The molecule has 0 bridgehead atoms. The third-order valence-corrected chi connectivity index (χ3v) is 6.26. The molecule has 31 heavy (non-hydrogen) atoms. The highest BCUT2D eigenvalue weighted by Crippen LogP contribution is 2.52. The number of hydrogen-bond donors (Lipinski definition) is 4. The minimum Gasteiger partial charge on any atom is -0.477 e. The van der Waals surface area contributed by atoms with Gasteiger partial charge >= 0.3 is 12.0 Å². The Labute approximate surface area is 176 Å². The van der Waals surface area contributed by atoms with Gasteiger partial charge in [0.1, 0.15) is 5.70 Å². The molecule has 1 saturated carbocycles. The highest BCUT2D eigenvalue weighted by molar-refractivity contribution is 6.00. The Hall–Kier alpha value is -3.47. The second-order valence-electron chi connectivity index (χ2n) is 8.07. The first-order valence-corrected chi connectivity index (χ1v) is 10.0. The van der Waals surface area contributed by atoms with Crippen LogP contribution in [0.15, 0.2) is 35.5 Å². The predicted molar refractivity (Wildman–Crippen MR) is 107 cm³/mol. The molecule has 11 heteroatoms. The van der Waals surface area contributed by atoms with Crippen molar-refractivity contribution in [3.8, 4) is 0 Å². The summed E-state index contributed by atoms with van der Waals surface area (Å²) in [5, 5.41) is 35.9. The van der Waals surface area contributed by atoms with E-state index >= 15 is 0 Å². The van der Waals surface area contributed by atoms with Gasteiger partial charge in [-0.1, -0.05) is 6.42 Å². The SMILES string of the molecule is CC(O)[C@H]1C(=O)N2C(C(=O)O)=C3[C@@H](NC(=O)Nc4ccc([N+](=O)[O-])cc4)CCC[C@@H]3[C@H]12. The van der Waals surface area contributed by atoms with Gasteiger partial charge in [0, 0.05) is 23.7 Å². The molecule has 0 spiro atoms. The summed E-state index contributed by atoms with van der Waals surface area (Å²) in [4.78, 5) is 48.5. The maximum Gasteiger partial charge on any atom is 0.352 e. The van der Waals surface area contributed by atoms with Crippen LogP contribution in [0.5, 0.6) is 0 Å². The lowest BCUT2D eigenvalue weighted by atomic mass is 9.71. The van der Waals surface area contributed by atoms with Gasteiger partial charge in [0.05, 0.1) is 29.0 Å². The number of aliphatic carboxylic acids is 1. The van der Waals surface area contributed by atoms with Crippen LogP contribution in [0.3, 0.4) is 0 Å². The fourth-order valence-electron chi connectivity index (χ4n) is 5.03. The van der Waals surface area contributed by atoms with Gasteiger partial charge in [-0.3, -0.25) is 14.9 Å². The zero-order valence-electron chi connectivity index (χ0n) is 16.6. The number of carbonyl (C=O) groups is 3. The van der Waals surface area contributed by atoms with Crippen molar-refractivity contribution in [1.29, 1.82) is 0 Å². The Balaban J connectivity index is 1.54. The van der Waals surface area contributed by atoms with Gasteiger partial charge in [-0.25, -0.2) is 9.59 Å². The van der Waals surface area contributed by atoms with Gasteiger partial charge in [-0.05, 0) is 37.5 Å². The van der Waals surface area contributed by atoms with Crippen LogP contribution in [0.25, 0.3) is 0 Å². The van der Waals surface area contributed by atoms with Crippen molar-refractivity contribution in [3.05, 3.63) is 45.6 Å². The summed E-state index contributed by atoms with van der Waals surface area (Å²) in [7, 11) is 0. The number of carboxylic acids is 1. The Bertz CT molecular complexity index is 988. The van der Waals surface area contributed by atoms with Crippen molar-refractivity contribution in [1.82, 2.24) is 10.2 Å². The summed E-state index contributed by atoms with van der Waals surface area (Å²) in [6, 6.07) is 3.77. The van der Waals surface area contributed by atoms with Gasteiger partial charge in [0.2, 0.25) is 5.91 Å². The van der Waals surface area contributed by atoms with Crippen LogP contribution in [-0.4, -0.2) is 56.1 Å². The number of benzene rings is 1. The van der Waals surface area contributed by atoms with E-state index in [4.69, 9.17) is 0 Å². The minimum atomic E-state index is -1.23. The number of nitro benzene ring substituents is 1. The van der Waals surface area contributed by atoms with Gasteiger partial charge in [-0.2, -0.15) is 0 Å². The van der Waals surface area contributed by atoms with Gasteiger partial charge in [0.15, 0.2) is 0 Å². The predicted octanol–water partition coefficient (Wildman–Crippen LogP) is 1.45. The van der Waals surface area contributed by atoms with Crippen molar-refractivity contribution in [3.63, 3.8) is 0 Å². The molecule has 1 aromatic rings. The number of rotatable bonds is 5. The molecule has 2 fully saturated rings. The van der Waals surface area contributed by atoms with Gasteiger partial charge in [-0.15, -0.1) is 0 Å². The third-order valence-electron chi connectivity index (χ3n) is 6.26. The Morgan fingerprint density at radius 3 is 2.52 bits per heavy atom. The van der Waals surface area contributed by atoms with Crippen LogP contribution in [0.1, 0.15) is 26.2 Å². The number of nitro groups is 1. The topological polar surface area (TPSA) is 162 Å². The van der Waals surface area contributed by atoms with Crippen LogP contribution >= 0.6 is 0 Å². The quantitative estimate of drug-likeness (QED) is 0.312. The molecule has 164 valence electrons. The molecule has 3 amide bonds. The Morgan fingerprint density at radius 1 is 1.26 bits per heavy atom. The van der Waals surface area contributed by atoms with Crippen LogP contribution < -0.4 is 10.6 Å². The average molecular weight is 430 g/mol. The first-order valence-electron chi connectivity index (χ1n) is 10.0. The molecule has 3 aliphatic rings. The fraction of sp³-hybridized carbons (Fsp3) is 0.450. The number of amides is 3. The Morgan fingerprint density at radius 2 is 1.94 bits per heavy atom. The number of fused-ring (bicyclic) bond motifs is 3. The molecule has 0 radical (unpaired) electrons. The number of anilines is 1. The Kier molecular flexibility index (Phi) is 5.13. The molecule has 0 aromatic heterocycles. The lowest BCUT2D eigenvalue weighted by molar-refractivity contribution is -0.384. The molecule has 4 N–H and O–H groups in total. The number of nitrogens with one attached hydrogen (secondary N) is 2. The number of aliphatic hydroxyl groups is 1. The highest BCUT2D eigenvalue weighted by atomic mass is 16.6. The van der Waals surface area contributed by atoms with E-state index < -0.39 is 46.9 Å². The highest BCUT2D eigenvalue weighted by Gasteiger charge is 2.62. The minimum absolute atomic E-state index is 0.0998. The van der Waals surface area contributed by atoms with Crippen LogP contribution in [-0.2, 0) is 9.59 Å². The summed E-state index contributed by atoms with van der Waals surface area (Å²) in [5.74, 6) is -2.52. The summed E-state index contributed by atoms with van der Waals surface area (Å²) >= 11 is 0. The molecule has 1 aliphatic carbocycles. The molecule has 2 heterocycles. The molecule has 5 atom stereocenters. The van der Waals surface area contributed by atoms with Crippen LogP contribution in [0, 0.1) is 22.0 Å². The number of non-ortho nitro benzene ring substituents is 1. The number of β-lactam (4-membered cyclic amide) rings is 1. The molecule has 1 saturated heterocycles. The fourth-order valence-corrected chi connectivity index (χ4v) is 5.03. The first-order chi connectivity index (χ1) is 14.7. The van der Waals surface area contributed by atoms with Gasteiger partial charge in [0.25, 0.3) is 5.69 Å². The monoisotopic (exact) mass is 430 g/mol. The molecule has 4 rings (SSSR count). The van der Waals surface area contributed by atoms with Crippen molar-refractivity contribution in [2.45, 2.75) is 44.4 Å². The van der Waals surface area contributed by atoms with Crippen molar-refractivity contribution < 1.29 is 29.5 Å². The summed E-state index contributed by atoms with van der Waals surface area (Å²) in [5.41, 5.74) is 0.656. The van der Waals surface area contributed by atoms with E-state index in [9.17, 15) is 34.7 Å². The lowest BCUT2D eigenvalue weighted by Crippen LogP contribution is -2.64. The largest absolute Gasteiger partial charge is 0.477 e. The van der Waals surface area contributed by atoms with E-state index in [2.05, 4.69) is 10.6 Å². The molecule has 1 unspecified atom stereocenters. The number of carboxylic acid groups (broad SMARTS) is 1. The van der Waals surface area contributed by atoms with Crippen LogP contribution in [0.2, 0.25) is 0 Å². The molecular formula is C20H22N4O7. The normalized spacial score (nSPS) is 27.7.